The van der Waals surface area contributed by atoms with Crippen LogP contribution in [0.25, 0.3) is 0 Å². The van der Waals surface area contributed by atoms with E-state index >= 15 is 0 Å². The molecule has 1 aliphatic heterocycles. The molecular formula is C14H14Cl2N2O2. The van der Waals surface area contributed by atoms with Gasteiger partial charge in [0.2, 0.25) is 0 Å². The van der Waals surface area contributed by atoms with Crippen molar-refractivity contribution >= 4 is 23.2 Å². The average Bonchev–Trinajstić information content (AvgIpc) is 3.04. The van der Waals surface area contributed by atoms with E-state index in [1.165, 1.54) is 0 Å². The van der Waals surface area contributed by atoms with Crippen molar-refractivity contribution in [3.8, 4) is 5.75 Å². The Kier molecular flexibility index (Phi) is 3.89. The van der Waals surface area contributed by atoms with Gasteiger partial charge in [0.15, 0.2) is 5.22 Å². The monoisotopic (exact) mass is 312 g/mol. The van der Waals surface area contributed by atoms with Crippen molar-refractivity contribution in [1.82, 2.24) is 5.43 Å². The SMILES string of the molecule is NNC(Cc1cc(Cl)cc2c1OCC2)c1ccoc1Cl. The lowest BCUT2D eigenvalue weighted by atomic mass is 9.98. The molecule has 0 bridgehead atoms. The number of furan rings is 1. The minimum atomic E-state index is -0.159. The number of hydrogen-bond donors (Lipinski definition) is 2. The molecule has 3 N–H and O–H groups in total. The Bertz CT molecular complexity index is 628. The second kappa shape index (κ2) is 5.66. The first kappa shape index (κ1) is 13.8. The van der Waals surface area contributed by atoms with Crippen LogP contribution < -0.4 is 16.0 Å². The van der Waals surface area contributed by atoms with Crippen LogP contribution in [0.3, 0.4) is 0 Å². The average molecular weight is 313 g/mol. The van der Waals surface area contributed by atoms with Crippen LogP contribution in [-0.2, 0) is 12.8 Å². The van der Waals surface area contributed by atoms with Crippen LogP contribution in [0.1, 0.15) is 22.7 Å². The molecule has 0 spiro atoms. The highest BCUT2D eigenvalue weighted by Gasteiger charge is 2.22. The molecule has 2 heterocycles. The predicted molar refractivity (Wildman–Crippen MR) is 78.1 cm³/mol. The van der Waals surface area contributed by atoms with Gasteiger partial charge in [0.05, 0.1) is 18.9 Å². The molecule has 0 amide bonds. The van der Waals surface area contributed by atoms with Gasteiger partial charge in [0.1, 0.15) is 5.75 Å². The first-order valence-electron chi connectivity index (χ1n) is 6.32. The molecule has 0 radical (unpaired) electrons. The lowest BCUT2D eigenvalue weighted by Gasteiger charge is -2.17. The fraction of sp³-hybridized carbons (Fsp3) is 0.286. The second-order valence-electron chi connectivity index (χ2n) is 4.72. The van der Waals surface area contributed by atoms with Crippen molar-refractivity contribution in [1.29, 1.82) is 0 Å². The summed E-state index contributed by atoms with van der Waals surface area (Å²) in [5.41, 5.74) is 5.74. The maximum absolute atomic E-state index is 6.16. The van der Waals surface area contributed by atoms with Crippen LogP contribution >= 0.6 is 23.2 Å². The van der Waals surface area contributed by atoms with Gasteiger partial charge in [-0.1, -0.05) is 11.6 Å². The zero-order valence-corrected chi connectivity index (χ0v) is 12.2. The van der Waals surface area contributed by atoms with E-state index < -0.39 is 0 Å². The molecule has 20 heavy (non-hydrogen) atoms. The summed E-state index contributed by atoms with van der Waals surface area (Å²) in [6, 6.07) is 5.50. The molecule has 1 atom stereocenters. The number of hydrogen-bond acceptors (Lipinski definition) is 4. The predicted octanol–water partition coefficient (Wildman–Crippen LogP) is 3.27. The van der Waals surface area contributed by atoms with E-state index in [1.807, 2.05) is 12.1 Å². The van der Waals surface area contributed by atoms with Crippen LogP contribution in [0.2, 0.25) is 10.2 Å². The smallest absolute Gasteiger partial charge is 0.197 e. The fourth-order valence-electron chi connectivity index (χ4n) is 2.53. The molecule has 106 valence electrons. The minimum absolute atomic E-state index is 0.159. The summed E-state index contributed by atoms with van der Waals surface area (Å²) >= 11 is 12.2. The molecule has 4 nitrogen and oxygen atoms in total. The first-order valence-corrected chi connectivity index (χ1v) is 7.07. The van der Waals surface area contributed by atoms with Gasteiger partial charge in [-0.15, -0.1) is 0 Å². The van der Waals surface area contributed by atoms with E-state index in [-0.39, 0.29) is 6.04 Å². The summed E-state index contributed by atoms with van der Waals surface area (Å²) in [5, 5.41) is 1.05. The maximum Gasteiger partial charge on any atom is 0.197 e. The van der Waals surface area contributed by atoms with Crippen molar-refractivity contribution in [3.05, 3.63) is 51.4 Å². The Morgan fingerprint density at radius 3 is 2.90 bits per heavy atom. The number of benzene rings is 1. The number of halogens is 2. The number of rotatable bonds is 4. The van der Waals surface area contributed by atoms with Gasteiger partial charge in [-0.25, -0.2) is 0 Å². The Balaban J connectivity index is 1.92. The van der Waals surface area contributed by atoms with E-state index in [1.54, 1.807) is 12.3 Å². The number of nitrogens with two attached hydrogens (primary N) is 1. The second-order valence-corrected chi connectivity index (χ2v) is 5.50. The zero-order chi connectivity index (χ0) is 14.1. The van der Waals surface area contributed by atoms with E-state index in [2.05, 4.69) is 5.43 Å². The molecule has 6 heteroatoms. The van der Waals surface area contributed by atoms with Crippen LogP contribution in [0.5, 0.6) is 5.75 Å². The summed E-state index contributed by atoms with van der Waals surface area (Å²) < 4.78 is 10.8. The van der Waals surface area contributed by atoms with E-state index in [4.69, 9.17) is 38.2 Å². The lowest BCUT2D eigenvalue weighted by Crippen LogP contribution is -2.29. The van der Waals surface area contributed by atoms with Gasteiger partial charge in [0, 0.05) is 17.0 Å². The quantitative estimate of drug-likeness (QED) is 0.672. The Morgan fingerprint density at radius 1 is 1.35 bits per heavy atom. The summed E-state index contributed by atoms with van der Waals surface area (Å²) in [6.07, 6.45) is 3.05. The third-order valence-corrected chi connectivity index (χ3v) is 4.00. The van der Waals surface area contributed by atoms with Crippen molar-refractivity contribution in [2.24, 2.45) is 5.84 Å². The van der Waals surface area contributed by atoms with Crippen molar-refractivity contribution in [2.75, 3.05) is 6.61 Å². The number of ether oxygens (including phenoxy) is 1. The van der Waals surface area contributed by atoms with E-state index in [0.29, 0.717) is 23.3 Å². The molecule has 1 aromatic heterocycles. The van der Waals surface area contributed by atoms with Crippen molar-refractivity contribution in [2.45, 2.75) is 18.9 Å². The van der Waals surface area contributed by atoms with Crippen LogP contribution in [0.4, 0.5) is 0 Å². The number of hydrazine groups is 1. The molecule has 0 aliphatic carbocycles. The van der Waals surface area contributed by atoms with Gasteiger partial charge >= 0.3 is 0 Å². The highest BCUT2D eigenvalue weighted by atomic mass is 35.5. The molecular weight excluding hydrogens is 299 g/mol. The van der Waals surface area contributed by atoms with Gasteiger partial charge < -0.3 is 9.15 Å². The zero-order valence-electron chi connectivity index (χ0n) is 10.7. The Hall–Kier alpha value is -1.20. The van der Waals surface area contributed by atoms with Crippen LogP contribution in [0, 0.1) is 0 Å². The Labute approximate surface area is 126 Å². The topological polar surface area (TPSA) is 60.4 Å². The molecule has 2 aromatic rings. The van der Waals surface area contributed by atoms with Crippen LogP contribution in [0.15, 0.2) is 28.9 Å². The number of fused-ring (bicyclic) bond motifs is 1. The third-order valence-electron chi connectivity index (χ3n) is 3.47. The first-order chi connectivity index (χ1) is 9.69. The van der Waals surface area contributed by atoms with Gasteiger partial charge in [0.25, 0.3) is 0 Å². The lowest BCUT2D eigenvalue weighted by molar-refractivity contribution is 0.351. The van der Waals surface area contributed by atoms with Gasteiger partial charge in [-0.05, 0) is 47.3 Å². The summed E-state index contributed by atoms with van der Waals surface area (Å²) in [5.74, 6) is 6.55. The normalized spacial score (nSPS) is 14.9. The maximum atomic E-state index is 6.16. The largest absolute Gasteiger partial charge is 0.493 e. The van der Waals surface area contributed by atoms with Gasteiger partial charge in [-0.3, -0.25) is 11.3 Å². The third kappa shape index (κ3) is 2.52. The minimum Gasteiger partial charge on any atom is -0.493 e. The standard InChI is InChI=1S/C14H14Cl2N2O2/c15-10-5-8-1-3-19-13(8)9(6-10)7-12(18-17)11-2-4-20-14(11)16/h2,4-6,12,18H,1,3,7,17H2. The Morgan fingerprint density at radius 2 is 2.20 bits per heavy atom. The van der Waals surface area contributed by atoms with Crippen LogP contribution in [-0.4, -0.2) is 6.61 Å². The summed E-state index contributed by atoms with van der Waals surface area (Å²) in [7, 11) is 0. The molecule has 0 saturated heterocycles. The van der Waals surface area contributed by atoms with Crippen molar-refractivity contribution < 1.29 is 9.15 Å². The van der Waals surface area contributed by atoms with E-state index in [9.17, 15) is 0 Å². The molecule has 1 aromatic carbocycles. The molecule has 0 saturated carbocycles. The summed E-state index contributed by atoms with van der Waals surface area (Å²) in [4.78, 5) is 0. The molecule has 3 rings (SSSR count). The molecule has 1 aliphatic rings. The van der Waals surface area contributed by atoms with Gasteiger partial charge in [-0.2, -0.15) is 0 Å². The molecule has 1 unspecified atom stereocenters. The molecule has 0 fully saturated rings. The highest BCUT2D eigenvalue weighted by molar-refractivity contribution is 6.30. The fourth-order valence-corrected chi connectivity index (χ4v) is 3.04. The summed E-state index contributed by atoms with van der Waals surface area (Å²) in [6.45, 7) is 0.690. The van der Waals surface area contributed by atoms with Crippen molar-refractivity contribution in [3.63, 3.8) is 0 Å². The highest BCUT2D eigenvalue weighted by Crippen LogP contribution is 2.36. The van der Waals surface area contributed by atoms with E-state index in [0.717, 1.165) is 28.9 Å². The number of nitrogens with one attached hydrogen (secondary N) is 1.